The van der Waals surface area contributed by atoms with Crippen LogP contribution in [-0.2, 0) is 0 Å². The average Bonchev–Trinajstić information content (AvgIpc) is 3.24. The van der Waals surface area contributed by atoms with E-state index in [0.717, 1.165) is 10.6 Å². The Balaban J connectivity index is 1.81. The van der Waals surface area contributed by atoms with Crippen LogP contribution in [-0.4, -0.2) is 22.8 Å². The van der Waals surface area contributed by atoms with Crippen molar-refractivity contribution in [2.24, 2.45) is 0 Å². The molecule has 0 aliphatic carbocycles. The number of hydrogen-bond donors (Lipinski definition) is 0. The molecule has 0 bridgehead atoms. The fourth-order valence-corrected chi connectivity index (χ4v) is 3.78. The first-order valence-corrected chi connectivity index (χ1v) is 8.90. The van der Waals surface area contributed by atoms with Gasteiger partial charge >= 0.3 is 0 Å². The highest BCUT2D eigenvalue weighted by molar-refractivity contribution is 7.14. The van der Waals surface area contributed by atoms with Gasteiger partial charge < -0.3 is 4.90 Å². The number of thiophene rings is 1. The summed E-state index contributed by atoms with van der Waals surface area (Å²) in [4.78, 5) is 18.5. The molecule has 0 fully saturated rings. The van der Waals surface area contributed by atoms with E-state index in [0.29, 0.717) is 11.3 Å². The van der Waals surface area contributed by atoms with Crippen LogP contribution in [0, 0.1) is 5.82 Å². The van der Waals surface area contributed by atoms with Crippen LogP contribution in [0.5, 0.6) is 0 Å². The maximum absolute atomic E-state index is 13.9. The summed E-state index contributed by atoms with van der Waals surface area (Å²) in [6.07, 6.45) is 0. The highest BCUT2D eigenvalue weighted by atomic mass is 32.1. The second-order valence-corrected chi connectivity index (χ2v) is 6.80. The number of halogens is 1. The number of hydrogen-bond acceptors (Lipinski definition) is 4. The third kappa shape index (κ3) is 3.18. The van der Waals surface area contributed by atoms with Crippen LogP contribution in [0.2, 0.25) is 0 Å². The van der Waals surface area contributed by atoms with Gasteiger partial charge in [-0.2, -0.15) is 11.3 Å². The lowest BCUT2D eigenvalue weighted by Crippen LogP contribution is -2.30. The topological polar surface area (TPSA) is 33.2 Å². The molecule has 3 nitrogen and oxygen atoms in total. The van der Waals surface area contributed by atoms with Gasteiger partial charge in [0.05, 0.1) is 6.04 Å². The molecule has 0 saturated carbocycles. The zero-order chi connectivity index (χ0) is 16.4. The molecule has 0 saturated heterocycles. The second kappa shape index (κ2) is 6.60. The van der Waals surface area contributed by atoms with E-state index in [1.165, 1.54) is 22.3 Å². The van der Waals surface area contributed by atoms with Crippen molar-refractivity contribution in [3.8, 4) is 10.6 Å². The van der Waals surface area contributed by atoms with E-state index >= 15 is 0 Å². The third-order valence-corrected chi connectivity index (χ3v) is 5.32. The number of aromatic nitrogens is 1. The number of amides is 1. The minimum Gasteiger partial charge on any atom is -0.333 e. The van der Waals surface area contributed by atoms with Crippen LogP contribution in [0.25, 0.3) is 10.6 Å². The Morgan fingerprint density at radius 2 is 2.04 bits per heavy atom. The molecule has 3 rings (SSSR count). The number of benzene rings is 1. The first kappa shape index (κ1) is 15.8. The Labute approximate surface area is 142 Å². The molecule has 2 heterocycles. The largest absolute Gasteiger partial charge is 0.333 e. The third-order valence-electron chi connectivity index (χ3n) is 3.75. The molecule has 0 aliphatic heterocycles. The zero-order valence-electron chi connectivity index (χ0n) is 12.7. The predicted octanol–water partition coefficient (Wildman–Crippen LogP) is 4.84. The van der Waals surface area contributed by atoms with Gasteiger partial charge in [-0.25, -0.2) is 9.37 Å². The molecule has 118 valence electrons. The Morgan fingerprint density at radius 3 is 2.74 bits per heavy atom. The van der Waals surface area contributed by atoms with Crippen molar-refractivity contribution in [2.75, 3.05) is 7.05 Å². The Bertz CT molecular complexity index is 814. The lowest BCUT2D eigenvalue weighted by Gasteiger charge is -2.24. The Kier molecular flexibility index (Phi) is 4.54. The van der Waals surface area contributed by atoms with E-state index < -0.39 is 0 Å². The van der Waals surface area contributed by atoms with Crippen molar-refractivity contribution < 1.29 is 9.18 Å². The lowest BCUT2D eigenvalue weighted by molar-refractivity contribution is 0.0735. The van der Waals surface area contributed by atoms with Crippen molar-refractivity contribution in [2.45, 2.75) is 13.0 Å². The van der Waals surface area contributed by atoms with Crippen molar-refractivity contribution in [1.82, 2.24) is 9.88 Å². The van der Waals surface area contributed by atoms with Gasteiger partial charge in [-0.15, -0.1) is 11.3 Å². The molecule has 6 heteroatoms. The van der Waals surface area contributed by atoms with Crippen LogP contribution in [0.3, 0.4) is 0 Å². The number of carbonyl (C=O) groups is 1. The molecular weight excluding hydrogens is 331 g/mol. The monoisotopic (exact) mass is 346 g/mol. The summed E-state index contributed by atoms with van der Waals surface area (Å²) in [7, 11) is 1.67. The van der Waals surface area contributed by atoms with Crippen LogP contribution < -0.4 is 0 Å². The number of carbonyl (C=O) groups excluding carboxylic acids is 1. The Hall–Kier alpha value is -2.05. The summed E-state index contributed by atoms with van der Waals surface area (Å²) in [5.74, 6) is -0.518. The maximum Gasteiger partial charge on any atom is 0.273 e. The molecule has 1 unspecified atom stereocenters. The van der Waals surface area contributed by atoms with Gasteiger partial charge in [0.2, 0.25) is 0 Å². The lowest BCUT2D eigenvalue weighted by atomic mass is 10.1. The van der Waals surface area contributed by atoms with Gasteiger partial charge in [0.15, 0.2) is 0 Å². The molecule has 2 aromatic heterocycles. The predicted molar refractivity (Wildman–Crippen MR) is 92.3 cm³/mol. The summed E-state index contributed by atoms with van der Waals surface area (Å²) in [6, 6.07) is 8.12. The first-order valence-electron chi connectivity index (χ1n) is 7.07. The summed E-state index contributed by atoms with van der Waals surface area (Å²) in [5.41, 5.74) is 1.90. The van der Waals surface area contributed by atoms with Crippen LogP contribution in [0.4, 0.5) is 4.39 Å². The molecular formula is C17H15FN2OS2. The van der Waals surface area contributed by atoms with Crippen LogP contribution in [0.1, 0.15) is 29.0 Å². The fraction of sp³-hybridized carbons (Fsp3) is 0.176. The van der Waals surface area contributed by atoms with Crippen LogP contribution in [0.15, 0.2) is 46.5 Å². The maximum atomic E-state index is 13.9. The summed E-state index contributed by atoms with van der Waals surface area (Å²) in [5, 5.41) is 6.55. The smallest absolute Gasteiger partial charge is 0.273 e. The number of rotatable bonds is 4. The highest BCUT2D eigenvalue weighted by Crippen LogP contribution is 2.28. The molecule has 3 aromatic rings. The van der Waals surface area contributed by atoms with E-state index in [2.05, 4.69) is 4.98 Å². The normalized spacial score (nSPS) is 12.1. The minimum atomic E-state index is -0.366. The highest BCUT2D eigenvalue weighted by Gasteiger charge is 2.23. The van der Waals surface area contributed by atoms with Gasteiger partial charge in [-0.1, -0.05) is 18.2 Å². The van der Waals surface area contributed by atoms with Gasteiger partial charge in [0, 0.05) is 28.9 Å². The van der Waals surface area contributed by atoms with Crippen molar-refractivity contribution in [3.63, 3.8) is 0 Å². The van der Waals surface area contributed by atoms with Crippen molar-refractivity contribution >= 4 is 28.6 Å². The standard InChI is InChI=1S/C17H15FN2OS2/c1-11(13-5-3-4-6-14(13)18)20(2)17(21)15-10-23-16(19-15)12-7-8-22-9-12/h3-11H,1-2H3. The SMILES string of the molecule is CC(c1ccccc1F)N(C)C(=O)c1csc(-c2ccsc2)n1. The van der Waals surface area contributed by atoms with Gasteiger partial charge in [-0.05, 0) is 24.4 Å². The minimum absolute atomic E-state index is 0.210. The summed E-state index contributed by atoms with van der Waals surface area (Å²) >= 11 is 3.03. The van der Waals surface area contributed by atoms with Gasteiger partial charge in [-0.3, -0.25) is 4.79 Å². The van der Waals surface area contributed by atoms with Crippen molar-refractivity contribution in [1.29, 1.82) is 0 Å². The average molecular weight is 346 g/mol. The van der Waals surface area contributed by atoms with E-state index in [4.69, 9.17) is 0 Å². The fourth-order valence-electron chi connectivity index (χ4n) is 2.27. The quantitative estimate of drug-likeness (QED) is 0.677. The second-order valence-electron chi connectivity index (χ2n) is 5.16. The molecule has 0 radical (unpaired) electrons. The molecule has 0 N–H and O–H groups in total. The number of thiazole rings is 1. The molecule has 1 aromatic carbocycles. The van der Waals surface area contributed by atoms with Gasteiger partial charge in [0.1, 0.15) is 16.5 Å². The molecule has 23 heavy (non-hydrogen) atoms. The van der Waals surface area contributed by atoms with E-state index in [-0.39, 0.29) is 17.8 Å². The van der Waals surface area contributed by atoms with Crippen molar-refractivity contribution in [3.05, 3.63) is 63.5 Å². The molecule has 1 atom stereocenters. The molecule has 0 aliphatic rings. The zero-order valence-corrected chi connectivity index (χ0v) is 14.3. The first-order chi connectivity index (χ1) is 11.1. The molecule has 0 spiro atoms. The van der Waals surface area contributed by atoms with E-state index in [1.807, 2.05) is 23.8 Å². The van der Waals surface area contributed by atoms with E-state index in [1.54, 1.807) is 42.0 Å². The summed E-state index contributed by atoms with van der Waals surface area (Å²) in [6.45, 7) is 1.81. The summed E-state index contributed by atoms with van der Waals surface area (Å²) < 4.78 is 13.9. The number of nitrogens with zero attached hydrogens (tertiary/aromatic N) is 2. The van der Waals surface area contributed by atoms with Gasteiger partial charge in [0.25, 0.3) is 5.91 Å². The van der Waals surface area contributed by atoms with Crippen LogP contribution >= 0.6 is 22.7 Å². The Morgan fingerprint density at radius 1 is 1.26 bits per heavy atom. The molecule has 1 amide bonds. The van der Waals surface area contributed by atoms with E-state index in [9.17, 15) is 9.18 Å².